The summed E-state index contributed by atoms with van der Waals surface area (Å²) in [4.78, 5) is 13.3. The lowest BCUT2D eigenvalue weighted by Crippen LogP contribution is -2.51. The van der Waals surface area contributed by atoms with Crippen LogP contribution in [0.1, 0.15) is 113 Å². The van der Waals surface area contributed by atoms with Gasteiger partial charge in [-0.2, -0.15) is 0 Å². The lowest BCUT2D eigenvalue weighted by Gasteiger charge is -2.48. The molecule has 2 saturated carbocycles. The molecule has 4 atom stereocenters. The van der Waals surface area contributed by atoms with E-state index in [1.807, 2.05) is 0 Å². The minimum absolute atomic E-state index is 0.0314. The maximum absolute atomic E-state index is 13.3. The summed E-state index contributed by atoms with van der Waals surface area (Å²) in [6, 6.07) is 0. The van der Waals surface area contributed by atoms with Crippen LogP contribution in [0.5, 0.6) is 0 Å². The topological polar surface area (TPSA) is 26.3 Å². The zero-order valence-electron chi connectivity index (χ0n) is 18.8. The monoisotopic (exact) mass is 364 g/mol. The highest BCUT2D eigenvalue weighted by Crippen LogP contribution is 2.72. The number of esters is 1. The van der Waals surface area contributed by atoms with Crippen molar-refractivity contribution < 1.29 is 9.53 Å². The van der Waals surface area contributed by atoms with Gasteiger partial charge < -0.3 is 4.74 Å². The van der Waals surface area contributed by atoms with Crippen molar-refractivity contribution in [3.8, 4) is 0 Å². The molecule has 152 valence electrons. The zero-order chi connectivity index (χ0) is 19.8. The maximum atomic E-state index is 13.3. The summed E-state index contributed by atoms with van der Waals surface area (Å²) in [6.07, 6.45) is 10.1. The normalized spacial score (nSPS) is 34.1. The van der Waals surface area contributed by atoms with E-state index in [1.165, 1.54) is 32.1 Å². The molecule has 2 rings (SSSR count). The van der Waals surface area contributed by atoms with Crippen molar-refractivity contribution >= 4 is 5.97 Å². The molecule has 0 saturated heterocycles. The Morgan fingerprint density at radius 1 is 1.15 bits per heavy atom. The van der Waals surface area contributed by atoms with Crippen LogP contribution in [0.4, 0.5) is 0 Å². The maximum Gasteiger partial charge on any atom is 0.309 e. The standard InChI is InChI=1S/C24H44O2/c1-9-11-12-14-24(17-19-13-15-23(24,8)22(19,6)7)26-20(25)18(10-2)16-21(3,4)5/h18-19H,9-17H2,1-8H3. The lowest BCUT2D eigenvalue weighted by molar-refractivity contribution is -0.187. The average Bonchev–Trinajstić information content (AvgIpc) is 2.84. The molecule has 2 heteroatoms. The molecule has 2 fully saturated rings. The number of hydrogen-bond donors (Lipinski definition) is 0. The second-order valence-corrected chi connectivity index (χ2v) is 11.2. The van der Waals surface area contributed by atoms with E-state index in [9.17, 15) is 4.79 Å². The van der Waals surface area contributed by atoms with Gasteiger partial charge in [0.1, 0.15) is 5.60 Å². The van der Waals surface area contributed by atoms with Crippen LogP contribution in [0.3, 0.4) is 0 Å². The highest BCUT2D eigenvalue weighted by molar-refractivity contribution is 5.73. The number of carbonyl (C=O) groups excluding carboxylic acids is 1. The van der Waals surface area contributed by atoms with Crippen molar-refractivity contribution in [2.45, 2.75) is 119 Å². The zero-order valence-corrected chi connectivity index (χ0v) is 18.8. The van der Waals surface area contributed by atoms with E-state index in [-0.39, 0.29) is 33.7 Å². The van der Waals surface area contributed by atoms with Gasteiger partial charge in [-0.15, -0.1) is 0 Å². The van der Waals surface area contributed by atoms with Crippen LogP contribution in [0.25, 0.3) is 0 Å². The molecule has 0 heterocycles. The summed E-state index contributed by atoms with van der Waals surface area (Å²) in [5.41, 5.74) is 0.309. The van der Waals surface area contributed by atoms with Crippen molar-refractivity contribution in [3.63, 3.8) is 0 Å². The van der Waals surface area contributed by atoms with Crippen molar-refractivity contribution in [2.75, 3.05) is 0 Å². The van der Waals surface area contributed by atoms with Crippen molar-refractivity contribution in [1.82, 2.24) is 0 Å². The van der Waals surface area contributed by atoms with E-state index < -0.39 is 0 Å². The quantitative estimate of drug-likeness (QED) is 0.337. The molecule has 2 aliphatic rings. The Morgan fingerprint density at radius 3 is 2.23 bits per heavy atom. The minimum Gasteiger partial charge on any atom is -0.458 e. The van der Waals surface area contributed by atoms with Gasteiger partial charge in [0.2, 0.25) is 0 Å². The lowest BCUT2D eigenvalue weighted by atomic mass is 9.63. The van der Waals surface area contributed by atoms with Crippen molar-refractivity contribution in [1.29, 1.82) is 0 Å². The first-order valence-corrected chi connectivity index (χ1v) is 11.2. The van der Waals surface area contributed by atoms with E-state index in [0.717, 1.165) is 25.7 Å². The highest BCUT2D eigenvalue weighted by Gasteiger charge is 2.70. The molecule has 0 aliphatic heterocycles. The third-order valence-corrected chi connectivity index (χ3v) is 8.18. The molecular formula is C24H44O2. The number of rotatable bonds is 8. The Hall–Kier alpha value is -0.530. The summed E-state index contributed by atoms with van der Waals surface area (Å²) in [7, 11) is 0. The summed E-state index contributed by atoms with van der Waals surface area (Å²) < 4.78 is 6.58. The molecule has 26 heavy (non-hydrogen) atoms. The van der Waals surface area contributed by atoms with E-state index in [2.05, 4.69) is 55.4 Å². The van der Waals surface area contributed by atoms with Gasteiger partial charge in [0, 0.05) is 5.41 Å². The van der Waals surface area contributed by atoms with Gasteiger partial charge in [-0.25, -0.2) is 0 Å². The molecule has 0 N–H and O–H groups in total. The Labute approximate surface area is 162 Å². The first-order valence-electron chi connectivity index (χ1n) is 11.2. The van der Waals surface area contributed by atoms with Crippen LogP contribution in [0.2, 0.25) is 0 Å². The minimum atomic E-state index is -0.239. The van der Waals surface area contributed by atoms with Gasteiger partial charge in [0.15, 0.2) is 0 Å². The Kier molecular flexibility index (Phi) is 6.26. The second-order valence-electron chi connectivity index (χ2n) is 11.2. The van der Waals surface area contributed by atoms with Crippen molar-refractivity contribution in [2.24, 2.45) is 28.1 Å². The summed E-state index contributed by atoms with van der Waals surface area (Å²) >= 11 is 0. The molecule has 0 aromatic carbocycles. The molecule has 2 aliphatic carbocycles. The third kappa shape index (κ3) is 3.72. The summed E-state index contributed by atoms with van der Waals surface area (Å²) in [5, 5.41) is 0. The number of hydrogen-bond acceptors (Lipinski definition) is 2. The van der Waals surface area contributed by atoms with Crippen LogP contribution in [-0.4, -0.2) is 11.6 Å². The van der Waals surface area contributed by atoms with Gasteiger partial charge in [-0.3, -0.25) is 4.79 Å². The highest BCUT2D eigenvalue weighted by atomic mass is 16.6. The van der Waals surface area contributed by atoms with E-state index in [1.54, 1.807) is 0 Å². The SMILES string of the molecule is CCCCCC1(OC(=O)C(CC)CC(C)(C)C)CC2CCC1(C)C2(C)C. The van der Waals surface area contributed by atoms with Crippen LogP contribution in [0.15, 0.2) is 0 Å². The van der Waals surface area contributed by atoms with Gasteiger partial charge >= 0.3 is 5.97 Å². The first-order chi connectivity index (χ1) is 11.9. The Bertz CT molecular complexity index is 501. The van der Waals surface area contributed by atoms with Crippen LogP contribution < -0.4 is 0 Å². The third-order valence-electron chi connectivity index (χ3n) is 8.18. The van der Waals surface area contributed by atoms with Crippen LogP contribution >= 0.6 is 0 Å². The van der Waals surface area contributed by atoms with Gasteiger partial charge in [0.25, 0.3) is 0 Å². The number of fused-ring (bicyclic) bond motifs is 2. The molecule has 0 aromatic rings. The predicted octanol–water partition coefficient (Wildman–Crippen LogP) is 7.16. The fraction of sp³-hybridized carbons (Fsp3) is 0.958. The fourth-order valence-corrected chi connectivity index (χ4v) is 6.05. The van der Waals surface area contributed by atoms with Gasteiger partial charge in [0.05, 0.1) is 5.92 Å². The number of unbranched alkanes of at least 4 members (excludes halogenated alkanes) is 2. The molecule has 0 amide bonds. The summed E-state index contributed by atoms with van der Waals surface area (Å²) in [5.74, 6) is 0.803. The molecule has 0 radical (unpaired) electrons. The van der Waals surface area contributed by atoms with E-state index in [0.29, 0.717) is 5.92 Å². The van der Waals surface area contributed by atoms with E-state index >= 15 is 0 Å². The first kappa shape index (κ1) is 21.8. The van der Waals surface area contributed by atoms with Crippen LogP contribution in [0, 0.1) is 28.1 Å². The average molecular weight is 365 g/mol. The van der Waals surface area contributed by atoms with Crippen molar-refractivity contribution in [3.05, 3.63) is 0 Å². The smallest absolute Gasteiger partial charge is 0.309 e. The summed E-state index contributed by atoms with van der Waals surface area (Å²) in [6.45, 7) is 18.3. The van der Waals surface area contributed by atoms with E-state index in [4.69, 9.17) is 4.74 Å². The van der Waals surface area contributed by atoms with Crippen LogP contribution in [-0.2, 0) is 9.53 Å². The number of carbonyl (C=O) groups is 1. The Balaban J connectivity index is 2.25. The van der Waals surface area contributed by atoms with Gasteiger partial charge in [-0.05, 0) is 61.7 Å². The molecular weight excluding hydrogens is 320 g/mol. The number of ether oxygens (including phenoxy) is 1. The predicted molar refractivity (Wildman–Crippen MR) is 110 cm³/mol. The largest absolute Gasteiger partial charge is 0.458 e. The molecule has 4 unspecified atom stereocenters. The fourth-order valence-electron chi connectivity index (χ4n) is 6.05. The molecule has 0 spiro atoms. The molecule has 2 bridgehead atoms. The Morgan fingerprint density at radius 2 is 1.81 bits per heavy atom. The molecule has 0 aromatic heterocycles. The van der Waals surface area contributed by atoms with Gasteiger partial charge in [-0.1, -0.05) is 68.2 Å². The molecule has 2 nitrogen and oxygen atoms in total. The second kappa shape index (κ2) is 7.47.